The van der Waals surface area contributed by atoms with Crippen LogP contribution in [0.1, 0.15) is 62.8 Å². The molecule has 4 radical (unpaired) electrons. The Balaban J connectivity index is 2.27. The number of aryl methyl sites for hydroxylation is 1. The lowest BCUT2D eigenvalue weighted by Gasteiger charge is -2.38. The first-order valence-electron chi connectivity index (χ1n) is 14.1. The van der Waals surface area contributed by atoms with Crippen molar-refractivity contribution in [1.29, 1.82) is 0 Å². The predicted molar refractivity (Wildman–Crippen MR) is 164 cm³/mol. The molecular formula is C31H42B2FN3O6. The van der Waals surface area contributed by atoms with Crippen LogP contribution in [0, 0.1) is 12.7 Å². The Morgan fingerprint density at radius 1 is 1.12 bits per heavy atom. The lowest BCUT2D eigenvalue weighted by molar-refractivity contribution is -0.136. The van der Waals surface area contributed by atoms with Crippen molar-refractivity contribution in [2.45, 2.75) is 89.8 Å². The van der Waals surface area contributed by atoms with Gasteiger partial charge in [-0.3, -0.25) is 14.9 Å². The molecular weight excluding hydrogens is 551 g/mol. The number of hydrogen-bond acceptors (Lipinski definition) is 7. The van der Waals surface area contributed by atoms with E-state index in [2.05, 4.69) is 10.6 Å². The van der Waals surface area contributed by atoms with Crippen LogP contribution >= 0.6 is 0 Å². The van der Waals surface area contributed by atoms with Crippen LogP contribution in [-0.2, 0) is 38.7 Å². The molecule has 0 saturated carbocycles. The summed E-state index contributed by atoms with van der Waals surface area (Å²) in [6.45, 7) is 9.35. The van der Waals surface area contributed by atoms with Gasteiger partial charge in [0.15, 0.2) is 0 Å². The van der Waals surface area contributed by atoms with E-state index in [-0.39, 0.29) is 39.0 Å². The van der Waals surface area contributed by atoms with Gasteiger partial charge in [0.25, 0.3) is 0 Å². The standard InChI is InChI=1S/C31H42B2FN3O6/c1-21-10-7-13-25(24(21)17-37(20-39)31(33,14-9-15-38)27(40)35-6)42-18-23-12-8-11-22(26(23)34)16-29(2,3)43-30(4,5)19-36-28(32)41/h7-8,10-13,15,20,28,36,41H,9,14,16-19H2,1-6H3,(H,35,40). The Labute approximate surface area is 256 Å². The number of rotatable bonds is 18. The number of aliphatic hydroxyl groups is 1. The Hall–Kier alpha value is -3.21. The summed E-state index contributed by atoms with van der Waals surface area (Å²) in [5, 5.41) is 14.5. The molecule has 43 heavy (non-hydrogen) atoms. The van der Waals surface area contributed by atoms with Crippen molar-refractivity contribution in [3.05, 3.63) is 64.5 Å². The zero-order valence-corrected chi connectivity index (χ0v) is 25.9. The van der Waals surface area contributed by atoms with Gasteiger partial charge in [-0.25, -0.2) is 4.39 Å². The van der Waals surface area contributed by atoms with Crippen LogP contribution in [0.25, 0.3) is 0 Å². The molecule has 0 bridgehead atoms. The first-order chi connectivity index (χ1) is 20.1. The fourth-order valence-electron chi connectivity index (χ4n) is 5.00. The molecule has 2 unspecified atom stereocenters. The number of nitrogens with zero attached hydrogens (tertiary/aromatic N) is 1. The lowest BCUT2D eigenvalue weighted by atomic mass is 9.71. The Bertz CT molecular complexity index is 1260. The molecule has 0 saturated heterocycles. The first kappa shape index (κ1) is 36.0. The zero-order chi connectivity index (χ0) is 32.4. The van der Waals surface area contributed by atoms with Crippen LogP contribution in [0.4, 0.5) is 4.39 Å². The second kappa shape index (κ2) is 15.5. The minimum Gasteiger partial charge on any atom is -0.488 e. The smallest absolute Gasteiger partial charge is 0.236 e. The molecule has 3 N–H and O–H groups in total. The molecule has 0 aliphatic carbocycles. The Morgan fingerprint density at radius 2 is 1.77 bits per heavy atom. The van der Waals surface area contributed by atoms with Gasteiger partial charge in [-0.15, -0.1) is 0 Å². The first-order valence-corrected chi connectivity index (χ1v) is 14.1. The normalized spacial score (nSPS) is 14.0. The summed E-state index contributed by atoms with van der Waals surface area (Å²) in [4.78, 5) is 37.0. The van der Waals surface area contributed by atoms with Crippen molar-refractivity contribution in [1.82, 2.24) is 15.5 Å². The second-order valence-corrected chi connectivity index (χ2v) is 11.8. The highest BCUT2D eigenvalue weighted by Crippen LogP contribution is 2.30. The van der Waals surface area contributed by atoms with Crippen LogP contribution in [0.5, 0.6) is 5.75 Å². The van der Waals surface area contributed by atoms with Crippen LogP contribution in [-0.4, -0.2) is 80.7 Å². The topological polar surface area (TPSA) is 117 Å². The van der Waals surface area contributed by atoms with Crippen LogP contribution in [0.2, 0.25) is 0 Å². The van der Waals surface area contributed by atoms with E-state index >= 15 is 4.39 Å². The third-order valence-electron chi connectivity index (χ3n) is 7.05. The number of aliphatic hydroxyl groups excluding tert-OH is 1. The maximum absolute atomic E-state index is 15.7. The van der Waals surface area contributed by atoms with Crippen molar-refractivity contribution < 1.29 is 33.4 Å². The van der Waals surface area contributed by atoms with Gasteiger partial charge in [0.1, 0.15) is 40.2 Å². The number of benzene rings is 2. The number of nitrogens with one attached hydrogen (secondary N) is 2. The molecule has 0 fully saturated rings. The number of ether oxygens (including phenoxy) is 2. The van der Waals surface area contributed by atoms with E-state index in [0.29, 0.717) is 35.1 Å². The van der Waals surface area contributed by atoms with Gasteiger partial charge in [0, 0.05) is 44.1 Å². The summed E-state index contributed by atoms with van der Waals surface area (Å²) >= 11 is 0. The quantitative estimate of drug-likeness (QED) is 0.138. The Morgan fingerprint density at radius 3 is 2.37 bits per heavy atom. The molecule has 9 nitrogen and oxygen atoms in total. The fourth-order valence-corrected chi connectivity index (χ4v) is 5.00. The van der Waals surface area contributed by atoms with Crippen LogP contribution < -0.4 is 15.4 Å². The van der Waals surface area contributed by atoms with Gasteiger partial charge in [0.05, 0.1) is 22.8 Å². The van der Waals surface area contributed by atoms with Crippen molar-refractivity contribution in [2.24, 2.45) is 0 Å². The number of aldehydes is 1. The highest BCUT2D eigenvalue weighted by molar-refractivity contribution is 6.29. The molecule has 12 heteroatoms. The third-order valence-corrected chi connectivity index (χ3v) is 7.05. The highest BCUT2D eigenvalue weighted by Gasteiger charge is 2.38. The maximum atomic E-state index is 15.7. The Kier molecular flexibility index (Phi) is 13.0. The zero-order valence-electron chi connectivity index (χ0n) is 25.9. The van der Waals surface area contributed by atoms with E-state index < -0.39 is 34.5 Å². The minimum absolute atomic E-state index is 0.0198. The fraction of sp³-hybridized carbons (Fsp3) is 0.516. The predicted octanol–water partition coefficient (Wildman–Crippen LogP) is 2.41. The average Bonchev–Trinajstić information content (AvgIpc) is 2.93. The number of likely N-dealkylation sites (N-methyl/N-ethyl adjacent to an activating group) is 1. The molecule has 2 amide bonds. The third kappa shape index (κ3) is 10.2. The van der Waals surface area contributed by atoms with Crippen LogP contribution in [0.15, 0.2) is 36.4 Å². The molecule has 2 atom stereocenters. The molecule has 2 rings (SSSR count). The number of hydrogen-bond donors (Lipinski definition) is 3. The molecule has 2 aromatic rings. The van der Waals surface area contributed by atoms with Gasteiger partial charge in [-0.1, -0.05) is 30.3 Å². The summed E-state index contributed by atoms with van der Waals surface area (Å²) in [6, 6.07) is 10.4. The van der Waals surface area contributed by atoms with Crippen molar-refractivity contribution >= 4 is 34.3 Å². The van der Waals surface area contributed by atoms with Crippen molar-refractivity contribution in [3.8, 4) is 5.75 Å². The van der Waals surface area contributed by atoms with Gasteiger partial charge >= 0.3 is 0 Å². The summed E-state index contributed by atoms with van der Waals surface area (Å²) in [5.74, 6) is -0.642. The molecule has 0 aliphatic rings. The van der Waals surface area contributed by atoms with E-state index in [1.807, 2.05) is 40.7 Å². The summed E-state index contributed by atoms with van der Waals surface area (Å²) in [5.41, 5.74) is -1.08. The van der Waals surface area contributed by atoms with Crippen molar-refractivity contribution in [3.63, 3.8) is 0 Å². The molecule has 2 aromatic carbocycles. The SMILES string of the molecule is [B]C(O)NCC(C)(C)OC(C)(C)Cc1cccc(COc2cccc(C)c2CN(C=O)C([B])(CCC=O)C(=O)NC)c1F. The maximum Gasteiger partial charge on any atom is 0.236 e. The summed E-state index contributed by atoms with van der Waals surface area (Å²) < 4.78 is 28.0. The monoisotopic (exact) mass is 593 g/mol. The van der Waals surface area contributed by atoms with Crippen molar-refractivity contribution in [2.75, 3.05) is 13.6 Å². The number of amides is 2. The van der Waals surface area contributed by atoms with E-state index in [1.54, 1.807) is 30.3 Å². The number of halogens is 1. The number of carbonyl (C=O) groups excluding carboxylic acids is 3. The van der Waals surface area contributed by atoms with E-state index in [4.69, 9.17) is 25.2 Å². The van der Waals surface area contributed by atoms with Gasteiger partial charge in [0.2, 0.25) is 12.3 Å². The van der Waals surface area contributed by atoms with Gasteiger partial charge < -0.3 is 29.6 Å². The highest BCUT2D eigenvalue weighted by atomic mass is 19.1. The van der Waals surface area contributed by atoms with Gasteiger partial charge in [-0.05, 0) is 58.2 Å². The van der Waals surface area contributed by atoms with Gasteiger partial charge in [-0.2, -0.15) is 0 Å². The van der Waals surface area contributed by atoms with E-state index in [9.17, 15) is 19.5 Å². The van der Waals surface area contributed by atoms with E-state index in [0.717, 1.165) is 10.5 Å². The number of carbonyl (C=O) groups is 3. The second-order valence-electron chi connectivity index (χ2n) is 11.8. The van der Waals surface area contributed by atoms with Crippen LogP contribution in [0.3, 0.4) is 0 Å². The molecule has 0 spiro atoms. The molecule has 230 valence electrons. The minimum atomic E-state index is -1.76. The summed E-state index contributed by atoms with van der Waals surface area (Å²) in [6.07, 6.45) is 0.109. The largest absolute Gasteiger partial charge is 0.488 e. The lowest BCUT2D eigenvalue weighted by Crippen LogP contribution is -2.58. The molecule has 0 heterocycles. The molecule has 0 aromatic heterocycles. The van der Waals surface area contributed by atoms with E-state index in [1.165, 1.54) is 7.05 Å². The summed E-state index contributed by atoms with van der Waals surface area (Å²) in [7, 11) is 13.1. The average molecular weight is 593 g/mol. The molecule has 0 aliphatic heterocycles.